The van der Waals surface area contributed by atoms with Crippen LogP contribution in [0.2, 0.25) is 0 Å². The smallest absolute Gasteiger partial charge is 0.270 e. The molecule has 154 valence electrons. The van der Waals surface area contributed by atoms with Crippen molar-refractivity contribution in [3.63, 3.8) is 0 Å². The van der Waals surface area contributed by atoms with Crippen LogP contribution in [-0.4, -0.2) is 42.0 Å². The molecule has 1 amide bonds. The van der Waals surface area contributed by atoms with Crippen LogP contribution in [0.15, 0.2) is 45.5 Å². The fourth-order valence-corrected chi connectivity index (χ4v) is 3.42. The number of pyridine rings is 1. The second-order valence-corrected chi connectivity index (χ2v) is 7.77. The number of halogens is 1. The fraction of sp³-hybridized carbons (Fsp3) is 0.364. The Labute approximate surface area is 179 Å². The Kier molecular flexibility index (Phi) is 7.28. The van der Waals surface area contributed by atoms with E-state index in [1.807, 2.05) is 31.2 Å². The van der Waals surface area contributed by atoms with Gasteiger partial charge in [0.25, 0.3) is 5.91 Å². The highest BCUT2D eigenvalue weighted by atomic mass is 79.9. The van der Waals surface area contributed by atoms with Crippen molar-refractivity contribution < 1.29 is 9.21 Å². The van der Waals surface area contributed by atoms with Crippen LogP contribution >= 0.6 is 15.9 Å². The summed E-state index contributed by atoms with van der Waals surface area (Å²) >= 11 is 3.51. The molecule has 3 aromatic rings. The standard InChI is InChI=1S/C22H27BrN4O2/c1-4-27(5-2)11-6-10-24-22(28)19-14-20-17(9-12-29-20)21(26-19)25-16-7-8-18(23)15(3)13-16/h7-9,12-14H,4-6,10-11H2,1-3H3,(H,24,28)(H,25,26). The number of hydrogen-bond donors (Lipinski definition) is 2. The minimum absolute atomic E-state index is 0.196. The van der Waals surface area contributed by atoms with Gasteiger partial charge in [0.05, 0.1) is 11.6 Å². The number of fused-ring (bicyclic) bond motifs is 1. The molecule has 29 heavy (non-hydrogen) atoms. The average molecular weight is 459 g/mol. The lowest BCUT2D eigenvalue weighted by Crippen LogP contribution is -2.30. The number of hydrogen-bond acceptors (Lipinski definition) is 5. The Morgan fingerprint density at radius 2 is 2.00 bits per heavy atom. The van der Waals surface area contributed by atoms with Crippen molar-refractivity contribution in [2.75, 3.05) is 31.5 Å². The lowest BCUT2D eigenvalue weighted by atomic mass is 10.2. The topological polar surface area (TPSA) is 70.4 Å². The zero-order valence-electron chi connectivity index (χ0n) is 17.1. The van der Waals surface area contributed by atoms with Crippen LogP contribution in [0.5, 0.6) is 0 Å². The number of nitrogens with zero attached hydrogens (tertiary/aromatic N) is 2. The summed E-state index contributed by atoms with van der Waals surface area (Å²) in [6.07, 6.45) is 2.51. The first-order valence-corrected chi connectivity index (χ1v) is 10.7. The van der Waals surface area contributed by atoms with E-state index in [4.69, 9.17) is 4.42 Å². The third-order valence-electron chi connectivity index (χ3n) is 4.93. The molecule has 0 radical (unpaired) electrons. The van der Waals surface area contributed by atoms with Crippen molar-refractivity contribution in [3.8, 4) is 0 Å². The van der Waals surface area contributed by atoms with E-state index >= 15 is 0 Å². The Hall–Kier alpha value is -2.38. The van der Waals surface area contributed by atoms with Crippen molar-refractivity contribution in [3.05, 3.63) is 52.3 Å². The van der Waals surface area contributed by atoms with E-state index in [0.29, 0.717) is 23.6 Å². The minimum Gasteiger partial charge on any atom is -0.464 e. The molecular weight excluding hydrogens is 432 g/mol. The third-order valence-corrected chi connectivity index (χ3v) is 5.82. The van der Waals surface area contributed by atoms with Gasteiger partial charge in [-0.3, -0.25) is 4.79 Å². The second-order valence-electron chi connectivity index (χ2n) is 6.91. The van der Waals surface area contributed by atoms with Gasteiger partial charge in [-0.25, -0.2) is 4.98 Å². The zero-order valence-corrected chi connectivity index (χ0v) is 18.7. The van der Waals surface area contributed by atoms with Gasteiger partial charge in [-0.15, -0.1) is 0 Å². The Bertz CT molecular complexity index is 982. The summed E-state index contributed by atoms with van der Waals surface area (Å²) in [6, 6.07) is 9.51. The van der Waals surface area contributed by atoms with E-state index in [2.05, 4.69) is 50.3 Å². The molecule has 0 unspecified atom stereocenters. The number of aryl methyl sites for hydroxylation is 1. The van der Waals surface area contributed by atoms with Gasteiger partial charge in [-0.1, -0.05) is 29.8 Å². The van der Waals surface area contributed by atoms with Crippen LogP contribution in [0.25, 0.3) is 11.0 Å². The monoisotopic (exact) mass is 458 g/mol. The molecule has 2 N–H and O–H groups in total. The maximum absolute atomic E-state index is 12.6. The molecule has 0 saturated heterocycles. The van der Waals surface area contributed by atoms with E-state index in [-0.39, 0.29) is 5.91 Å². The first-order chi connectivity index (χ1) is 14.0. The van der Waals surface area contributed by atoms with E-state index in [0.717, 1.165) is 47.2 Å². The number of benzene rings is 1. The average Bonchev–Trinajstić information content (AvgIpc) is 3.20. The van der Waals surface area contributed by atoms with Gasteiger partial charge < -0.3 is 20.0 Å². The number of carbonyl (C=O) groups excluding carboxylic acids is 1. The van der Waals surface area contributed by atoms with Crippen LogP contribution < -0.4 is 10.6 Å². The summed E-state index contributed by atoms with van der Waals surface area (Å²) in [5.74, 6) is 0.407. The number of carbonyl (C=O) groups is 1. The van der Waals surface area contributed by atoms with Crippen molar-refractivity contribution in [1.29, 1.82) is 0 Å². The highest BCUT2D eigenvalue weighted by molar-refractivity contribution is 9.10. The summed E-state index contributed by atoms with van der Waals surface area (Å²) < 4.78 is 6.59. The number of anilines is 2. The quantitative estimate of drug-likeness (QED) is 0.436. The first kappa shape index (κ1) is 21.3. The van der Waals surface area contributed by atoms with Gasteiger partial charge in [0.15, 0.2) is 0 Å². The van der Waals surface area contributed by atoms with Crippen molar-refractivity contribution in [2.45, 2.75) is 27.2 Å². The molecule has 3 rings (SSSR count). The summed E-state index contributed by atoms with van der Waals surface area (Å²) in [5, 5.41) is 7.12. The largest absolute Gasteiger partial charge is 0.464 e. The maximum Gasteiger partial charge on any atom is 0.270 e. The van der Waals surface area contributed by atoms with Gasteiger partial charge in [-0.2, -0.15) is 0 Å². The highest BCUT2D eigenvalue weighted by Gasteiger charge is 2.14. The highest BCUT2D eigenvalue weighted by Crippen LogP contribution is 2.28. The number of rotatable bonds is 9. The minimum atomic E-state index is -0.196. The van der Waals surface area contributed by atoms with Crippen LogP contribution in [-0.2, 0) is 0 Å². The van der Waals surface area contributed by atoms with Crippen LogP contribution in [0, 0.1) is 6.92 Å². The third kappa shape index (κ3) is 5.36. The molecule has 0 fully saturated rings. The molecule has 2 heterocycles. The van der Waals surface area contributed by atoms with Gasteiger partial charge in [0.2, 0.25) is 0 Å². The molecule has 0 spiro atoms. The van der Waals surface area contributed by atoms with Gasteiger partial charge in [0.1, 0.15) is 17.1 Å². The second kappa shape index (κ2) is 9.89. The molecule has 0 saturated carbocycles. The predicted molar refractivity (Wildman–Crippen MR) is 121 cm³/mol. The molecule has 0 bridgehead atoms. The molecule has 2 aromatic heterocycles. The van der Waals surface area contributed by atoms with Crippen molar-refractivity contribution in [1.82, 2.24) is 15.2 Å². The van der Waals surface area contributed by atoms with Gasteiger partial charge in [0, 0.05) is 22.8 Å². The maximum atomic E-state index is 12.6. The predicted octanol–water partition coefficient (Wildman–Crippen LogP) is 5.10. The molecule has 7 heteroatoms. The molecule has 0 aliphatic heterocycles. The Balaban J connectivity index is 1.73. The summed E-state index contributed by atoms with van der Waals surface area (Å²) in [4.78, 5) is 19.5. The van der Waals surface area contributed by atoms with Gasteiger partial charge >= 0.3 is 0 Å². The van der Waals surface area contributed by atoms with Crippen molar-refractivity contribution >= 4 is 44.3 Å². The number of aromatic nitrogens is 1. The SMILES string of the molecule is CCN(CC)CCCNC(=O)c1cc2occc2c(Nc2ccc(Br)c(C)c2)n1. The van der Waals surface area contributed by atoms with E-state index in [1.54, 1.807) is 12.3 Å². The zero-order chi connectivity index (χ0) is 20.8. The summed E-state index contributed by atoms with van der Waals surface area (Å²) in [6.45, 7) is 9.93. The molecule has 1 aromatic carbocycles. The first-order valence-electron chi connectivity index (χ1n) is 9.93. The van der Waals surface area contributed by atoms with E-state index < -0.39 is 0 Å². The Morgan fingerprint density at radius 1 is 1.21 bits per heavy atom. The molecular formula is C22H27BrN4O2. The summed E-state index contributed by atoms with van der Waals surface area (Å²) in [5.41, 5.74) is 2.98. The lowest BCUT2D eigenvalue weighted by molar-refractivity contribution is 0.0947. The molecule has 0 aliphatic rings. The van der Waals surface area contributed by atoms with Crippen molar-refractivity contribution in [2.24, 2.45) is 0 Å². The number of furan rings is 1. The van der Waals surface area contributed by atoms with Crippen LogP contribution in [0.3, 0.4) is 0 Å². The normalized spacial score (nSPS) is 11.2. The molecule has 0 atom stereocenters. The van der Waals surface area contributed by atoms with E-state index in [9.17, 15) is 4.79 Å². The molecule has 6 nitrogen and oxygen atoms in total. The Morgan fingerprint density at radius 3 is 2.72 bits per heavy atom. The van der Waals surface area contributed by atoms with E-state index in [1.165, 1.54) is 0 Å². The number of nitrogens with one attached hydrogen (secondary N) is 2. The number of amides is 1. The lowest BCUT2D eigenvalue weighted by Gasteiger charge is -2.17. The summed E-state index contributed by atoms with van der Waals surface area (Å²) in [7, 11) is 0. The van der Waals surface area contributed by atoms with Gasteiger partial charge in [-0.05, 0) is 62.8 Å². The van der Waals surface area contributed by atoms with Crippen LogP contribution in [0.1, 0.15) is 36.3 Å². The fourth-order valence-electron chi connectivity index (χ4n) is 3.17. The van der Waals surface area contributed by atoms with Crippen LogP contribution in [0.4, 0.5) is 11.5 Å². The molecule has 0 aliphatic carbocycles.